The van der Waals surface area contributed by atoms with Crippen LogP contribution in [0.4, 0.5) is 5.82 Å². The molecule has 2 aromatic heterocycles. The van der Waals surface area contributed by atoms with Crippen molar-refractivity contribution in [1.82, 2.24) is 19.9 Å². The summed E-state index contributed by atoms with van der Waals surface area (Å²) in [5, 5.41) is 0. The molecule has 0 fully saturated rings. The number of H-pyrrole nitrogens is 1. The van der Waals surface area contributed by atoms with Gasteiger partial charge in [-0.3, -0.25) is 4.79 Å². The van der Waals surface area contributed by atoms with Crippen LogP contribution in [0.2, 0.25) is 0 Å². The Hall–Kier alpha value is -2.11. The number of fused-ring (bicyclic) bond motifs is 1. The molecular formula is C12H17N5O. The van der Waals surface area contributed by atoms with Gasteiger partial charge in [0.25, 0.3) is 0 Å². The van der Waals surface area contributed by atoms with Gasteiger partial charge in [-0.25, -0.2) is 9.97 Å². The topological polar surface area (TPSA) is 65.1 Å². The quantitative estimate of drug-likeness (QED) is 0.870. The third-order valence-corrected chi connectivity index (χ3v) is 2.85. The maximum Gasteiger partial charge on any atom is 0.223 e. The van der Waals surface area contributed by atoms with Crippen LogP contribution in [0.3, 0.4) is 0 Å². The molecule has 6 nitrogen and oxygen atoms in total. The van der Waals surface area contributed by atoms with Crippen LogP contribution in [0, 0.1) is 0 Å². The van der Waals surface area contributed by atoms with E-state index in [9.17, 15) is 4.79 Å². The highest BCUT2D eigenvalue weighted by molar-refractivity contribution is 5.86. The zero-order valence-electron chi connectivity index (χ0n) is 10.8. The lowest BCUT2D eigenvalue weighted by Crippen LogP contribution is -2.28. The summed E-state index contributed by atoms with van der Waals surface area (Å²) >= 11 is 0. The van der Waals surface area contributed by atoms with E-state index < -0.39 is 0 Å². The van der Waals surface area contributed by atoms with E-state index in [0.29, 0.717) is 13.0 Å². The number of rotatable bonds is 4. The van der Waals surface area contributed by atoms with Crippen molar-refractivity contribution in [3.63, 3.8) is 0 Å². The smallest absolute Gasteiger partial charge is 0.223 e. The summed E-state index contributed by atoms with van der Waals surface area (Å²) in [5.41, 5.74) is 1.78. The van der Waals surface area contributed by atoms with Crippen LogP contribution in [0.1, 0.15) is 6.42 Å². The van der Waals surface area contributed by atoms with Gasteiger partial charge in [-0.2, -0.15) is 0 Å². The second-order valence-corrected chi connectivity index (χ2v) is 4.39. The lowest BCUT2D eigenvalue weighted by molar-refractivity contribution is -0.128. The van der Waals surface area contributed by atoms with Crippen molar-refractivity contribution in [2.75, 3.05) is 32.6 Å². The molecule has 0 radical (unpaired) electrons. The van der Waals surface area contributed by atoms with E-state index in [1.807, 2.05) is 24.2 Å². The van der Waals surface area contributed by atoms with Gasteiger partial charge in [-0.1, -0.05) is 0 Å². The van der Waals surface area contributed by atoms with E-state index in [1.165, 1.54) is 6.33 Å². The van der Waals surface area contributed by atoms with Crippen LogP contribution >= 0.6 is 0 Å². The Morgan fingerprint density at radius 2 is 2.11 bits per heavy atom. The molecule has 0 aliphatic rings. The van der Waals surface area contributed by atoms with Crippen molar-refractivity contribution in [3.8, 4) is 0 Å². The van der Waals surface area contributed by atoms with Gasteiger partial charge in [-0.15, -0.1) is 0 Å². The Labute approximate surface area is 106 Å². The lowest BCUT2D eigenvalue weighted by atomic mass is 10.3. The van der Waals surface area contributed by atoms with Crippen molar-refractivity contribution in [2.45, 2.75) is 6.42 Å². The number of aromatic amines is 1. The molecule has 2 aromatic rings. The predicted molar refractivity (Wildman–Crippen MR) is 70.5 cm³/mol. The summed E-state index contributed by atoms with van der Waals surface area (Å²) in [6.07, 6.45) is 3.84. The Bertz CT molecular complexity index is 548. The number of carbonyl (C=O) groups is 1. The average Bonchev–Trinajstić information content (AvgIpc) is 2.83. The first-order valence-corrected chi connectivity index (χ1v) is 5.79. The number of carbonyl (C=O) groups excluding carboxylic acids is 1. The molecule has 18 heavy (non-hydrogen) atoms. The highest BCUT2D eigenvalue weighted by atomic mass is 16.2. The predicted octanol–water partition coefficient (Wildman–Crippen LogP) is 0.872. The summed E-state index contributed by atoms with van der Waals surface area (Å²) in [6, 6.07) is 1.90. The summed E-state index contributed by atoms with van der Waals surface area (Å²) < 4.78 is 0. The number of hydrogen-bond acceptors (Lipinski definition) is 4. The van der Waals surface area contributed by atoms with Crippen molar-refractivity contribution >= 4 is 22.8 Å². The fraction of sp³-hybridized carbons (Fsp3) is 0.417. The molecule has 0 unspecified atom stereocenters. The number of nitrogens with zero attached hydrogens (tertiary/aromatic N) is 4. The molecule has 1 amide bonds. The van der Waals surface area contributed by atoms with Gasteiger partial charge in [0.1, 0.15) is 11.8 Å². The normalized spacial score (nSPS) is 10.6. The van der Waals surface area contributed by atoms with E-state index in [2.05, 4.69) is 15.0 Å². The van der Waals surface area contributed by atoms with Crippen molar-refractivity contribution in [3.05, 3.63) is 18.6 Å². The fourth-order valence-corrected chi connectivity index (χ4v) is 1.74. The second-order valence-electron chi connectivity index (χ2n) is 4.39. The maximum atomic E-state index is 11.6. The van der Waals surface area contributed by atoms with Crippen LogP contribution in [-0.2, 0) is 4.79 Å². The molecule has 0 spiro atoms. The van der Waals surface area contributed by atoms with E-state index in [1.54, 1.807) is 19.0 Å². The molecule has 2 rings (SSSR count). The Morgan fingerprint density at radius 1 is 1.33 bits per heavy atom. The minimum Gasteiger partial charge on any atom is -0.357 e. The number of amides is 1. The molecule has 0 atom stereocenters. The fourth-order valence-electron chi connectivity index (χ4n) is 1.74. The molecular weight excluding hydrogens is 230 g/mol. The molecule has 0 bridgehead atoms. The SMILES string of the molecule is CN(C)C(=O)CCN(C)c1ncnc2cc[nH]c12. The van der Waals surface area contributed by atoms with Crippen molar-refractivity contribution in [2.24, 2.45) is 0 Å². The van der Waals surface area contributed by atoms with Crippen LogP contribution < -0.4 is 4.90 Å². The molecule has 0 aliphatic heterocycles. The Morgan fingerprint density at radius 3 is 2.83 bits per heavy atom. The molecule has 0 saturated heterocycles. The van der Waals surface area contributed by atoms with Gasteiger partial charge >= 0.3 is 0 Å². The van der Waals surface area contributed by atoms with Crippen LogP contribution in [0.5, 0.6) is 0 Å². The summed E-state index contributed by atoms with van der Waals surface area (Å²) in [5.74, 6) is 0.926. The van der Waals surface area contributed by atoms with E-state index >= 15 is 0 Å². The maximum absolute atomic E-state index is 11.6. The highest BCUT2D eigenvalue weighted by Gasteiger charge is 2.11. The van der Waals surface area contributed by atoms with Gasteiger partial charge in [0, 0.05) is 40.3 Å². The van der Waals surface area contributed by atoms with Gasteiger partial charge in [-0.05, 0) is 6.07 Å². The van der Waals surface area contributed by atoms with Gasteiger partial charge in [0.05, 0.1) is 5.52 Å². The van der Waals surface area contributed by atoms with Gasteiger partial charge in [0.15, 0.2) is 5.82 Å². The molecule has 0 aromatic carbocycles. The van der Waals surface area contributed by atoms with Gasteiger partial charge in [0.2, 0.25) is 5.91 Å². The zero-order chi connectivity index (χ0) is 13.1. The molecule has 2 heterocycles. The van der Waals surface area contributed by atoms with E-state index in [0.717, 1.165) is 16.9 Å². The molecule has 0 saturated carbocycles. The third-order valence-electron chi connectivity index (χ3n) is 2.85. The van der Waals surface area contributed by atoms with Crippen LogP contribution in [0.25, 0.3) is 11.0 Å². The van der Waals surface area contributed by atoms with Gasteiger partial charge < -0.3 is 14.8 Å². The standard InChI is InChI=1S/C12H17N5O/c1-16(2)10(18)5-7-17(3)12-11-9(4-6-13-11)14-8-15-12/h4,6,8,13H,5,7H2,1-3H3. The third kappa shape index (κ3) is 2.42. The average molecular weight is 247 g/mol. The second kappa shape index (κ2) is 5.03. The summed E-state index contributed by atoms with van der Waals surface area (Å²) in [7, 11) is 5.44. The van der Waals surface area contributed by atoms with E-state index in [-0.39, 0.29) is 5.91 Å². The Kier molecular flexibility index (Phi) is 3.45. The Balaban J connectivity index is 2.11. The zero-order valence-corrected chi connectivity index (χ0v) is 10.8. The van der Waals surface area contributed by atoms with Crippen molar-refractivity contribution in [1.29, 1.82) is 0 Å². The monoisotopic (exact) mass is 247 g/mol. The first-order chi connectivity index (χ1) is 8.59. The van der Waals surface area contributed by atoms with Crippen LogP contribution in [-0.4, -0.2) is 53.4 Å². The number of anilines is 1. The highest BCUT2D eigenvalue weighted by Crippen LogP contribution is 2.19. The lowest BCUT2D eigenvalue weighted by Gasteiger charge is -2.19. The summed E-state index contributed by atoms with van der Waals surface area (Å²) in [4.78, 5) is 26.6. The molecule has 0 aliphatic carbocycles. The minimum absolute atomic E-state index is 0.110. The van der Waals surface area contributed by atoms with Crippen molar-refractivity contribution < 1.29 is 4.79 Å². The first kappa shape index (κ1) is 12.3. The first-order valence-electron chi connectivity index (χ1n) is 5.79. The summed E-state index contributed by atoms with van der Waals surface area (Å²) in [6.45, 7) is 0.627. The van der Waals surface area contributed by atoms with Crippen LogP contribution in [0.15, 0.2) is 18.6 Å². The number of nitrogens with one attached hydrogen (secondary N) is 1. The largest absolute Gasteiger partial charge is 0.357 e. The van der Waals surface area contributed by atoms with E-state index in [4.69, 9.17) is 0 Å². The molecule has 6 heteroatoms. The molecule has 1 N–H and O–H groups in total. The minimum atomic E-state index is 0.110. The molecule has 96 valence electrons. The number of aromatic nitrogens is 3. The number of hydrogen-bond donors (Lipinski definition) is 1.